The van der Waals surface area contributed by atoms with Gasteiger partial charge in [0.1, 0.15) is 11.4 Å². The smallest absolute Gasteiger partial charge is 0.137 e. The zero-order valence-corrected chi connectivity index (χ0v) is 9.84. The van der Waals surface area contributed by atoms with Crippen LogP contribution in [0, 0.1) is 0 Å². The third kappa shape index (κ3) is 2.84. The van der Waals surface area contributed by atoms with Gasteiger partial charge in [0, 0.05) is 7.11 Å². The molecule has 15 heavy (non-hydrogen) atoms. The summed E-state index contributed by atoms with van der Waals surface area (Å²) in [5.74, 6) is 0.547. The molecular weight excluding hydrogens is 216 g/mol. The highest BCUT2D eigenvalue weighted by molar-refractivity contribution is 6.32. The van der Waals surface area contributed by atoms with E-state index in [1.807, 2.05) is 0 Å². The second-order valence-corrected chi connectivity index (χ2v) is 3.96. The predicted molar refractivity (Wildman–Crippen MR) is 59.5 cm³/mol. The first kappa shape index (κ1) is 12.3. The van der Waals surface area contributed by atoms with Crippen molar-refractivity contribution < 1.29 is 14.6 Å². The van der Waals surface area contributed by atoms with Gasteiger partial charge < -0.3 is 14.6 Å². The Morgan fingerprint density at radius 3 is 2.60 bits per heavy atom. The van der Waals surface area contributed by atoms with E-state index in [-0.39, 0.29) is 6.61 Å². The molecule has 1 rings (SSSR count). The van der Waals surface area contributed by atoms with Crippen molar-refractivity contribution in [1.82, 2.24) is 0 Å². The van der Waals surface area contributed by atoms with Gasteiger partial charge in [-0.2, -0.15) is 0 Å². The molecule has 0 aliphatic heterocycles. The van der Waals surface area contributed by atoms with E-state index in [1.54, 1.807) is 32.2 Å². The van der Waals surface area contributed by atoms with Crippen LogP contribution in [0.2, 0.25) is 5.02 Å². The summed E-state index contributed by atoms with van der Waals surface area (Å²) in [7, 11) is 3.08. The molecule has 4 heteroatoms. The average molecular weight is 231 g/mol. The first-order valence-corrected chi connectivity index (χ1v) is 4.94. The molecular formula is C11H15ClO3. The summed E-state index contributed by atoms with van der Waals surface area (Å²) in [6.07, 6.45) is 0. The highest BCUT2D eigenvalue weighted by atomic mass is 35.5. The second-order valence-electron chi connectivity index (χ2n) is 3.56. The van der Waals surface area contributed by atoms with Crippen molar-refractivity contribution in [3.8, 4) is 5.75 Å². The van der Waals surface area contributed by atoms with E-state index in [9.17, 15) is 5.11 Å². The molecule has 1 N–H and O–H groups in total. The van der Waals surface area contributed by atoms with Gasteiger partial charge in [-0.25, -0.2) is 0 Å². The van der Waals surface area contributed by atoms with Crippen LogP contribution in [0.15, 0.2) is 18.2 Å². The molecule has 0 radical (unpaired) electrons. The summed E-state index contributed by atoms with van der Waals surface area (Å²) in [4.78, 5) is 0. The fourth-order valence-electron chi connectivity index (χ4n) is 1.36. The Balaban J connectivity index is 3.04. The largest absolute Gasteiger partial charge is 0.495 e. The van der Waals surface area contributed by atoms with Gasteiger partial charge in [0.25, 0.3) is 0 Å². The molecule has 1 aromatic rings. The van der Waals surface area contributed by atoms with Crippen LogP contribution in [0.4, 0.5) is 0 Å². The number of benzene rings is 1. The Morgan fingerprint density at radius 2 is 2.07 bits per heavy atom. The van der Waals surface area contributed by atoms with Crippen LogP contribution in [0.25, 0.3) is 0 Å². The van der Waals surface area contributed by atoms with Crippen LogP contribution in [0.5, 0.6) is 5.75 Å². The molecule has 0 saturated carbocycles. The summed E-state index contributed by atoms with van der Waals surface area (Å²) in [6, 6.07) is 5.16. The molecule has 0 aliphatic carbocycles. The monoisotopic (exact) mass is 230 g/mol. The lowest BCUT2D eigenvalue weighted by Gasteiger charge is -2.23. The zero-order chi connectivity index (χ0) is 11.5. The standard InChI is InChI=1S/C11H15ClO3/c1-11(13,7-14-2)8-4-5-9(12)10(6-8)15-3/h4-6,13H,7H2,1-3H3. The van der Waals surface area contributed by atoms with Gasteiger partial charge in [-0.3, -0.25) is 0 Å². The Kier molecular flexibility index (Phi) is 3.97. The number of aliphatic hydroxyl groups is 1. The molecule has 3 nitrogen and oxygen atoms in total. The molecule has 0 fully saturated rings. The maximum Gasteiger partial charge on any atom is 0.137 e. The predicted octanol–water partition coefficient (Wildman–Crippen LogP) is 2.20. The Morgan fingerprint density at radius 1 is 1.40 bits per heavy atom. The number of hydrogen-bond donors (Lipinski definition) is 1. The molecule has 0 heterocycles. The number of ether oxygens (including phenoxy) is 2. The molecule has 0 spiro atoms. The third-order valence-corrected chi connectivity index (χ3v) is 2.51. The molecule has 1 unspecified atom stereocenters. The third-order valence-electron chi connectivity index (χ3n) is 2.20. The minimum atomic E-state index is -1.04. The zero-order valence-electron chi connectivity index (χ0n) is 9.08. The number of methoxy groups -OCH3 is 2. The number of rotatable bonds is 4. The summed E-state index contributed by atoms with van der Waals surface area (Å²) in [5.41, 5.74) is -0.322. The minimum Gasteiger partial charge on any atom is -0.495 e. The highest BCUT2D eigenvalue weighted by Crippen LogP contribution is 2.30. The van der Waals surface area contributed by atoms with E-state index in [0.29, 0.717) is 16.3 Å². The van der Waals surface area contributed by atoms with Crippen molar-refractivity contribution in [2.24, 2.45) is 0 Å². The van der Waals surface area contributed by atoms with Crippen LogP contribution in [0.3, 0.4) is 0 Å². The maximum atomic E-state index is 10.1. The van der Waals surface area contributed by atoms with E-state index in [2.05, 4.69) is 0 Å². The topological polar surface area (TPSA) is 38.7 Å². The van der Waals surface area contributed by atoms with E-state index >= 15 is 0 Å². The van der Waals surface area contributed by atoms with Crippen molar-refractivity contribution in [3.05, 3.63) is 28.8 Å². The van der Waals surface area contributed by atoms with E-state index in [4.69, 9.17) is 21.1 Å². The molecule has 0 aromatic heterocycles. The normalized spacial score (nSPS) is 14.7. The van der Waals surface area contributed by atoms with E-state index in [1.165, 1.54) is 7.11 Å². The van der Waals surface area contributed by atoms with Crippen molar-refractivity contribution in [1.29, 1.82) is 0 Å². The summed E-state index contributed by atoms with van der Waals surface area (Å²) in [6.45, 7) is 1.90. The Labute approximate surface area is 94.6 Å². The first-order valence-electron chi connectivity index (χ1n) is 4.56. The average Bonchev–Trinajstić information content (AvgIpc) is 2.18. The van der Waals surface area contributed by atoms with E-state index in [0.717, 1.165) is 0 Å². The fourth-order valence-corrected chi connectivity index (χ4v) is 1.55. The van der Waals surface area contributed by atoms with Crippen LogP contribution >= 0.6 is 11.6 Å². The first-order chi connectivity index (χ1) is 7.01. The molecule has 1 atom stereocenters. The molecule has 0 amide bonds. The lowest BCUT2D eigenvalue weighted by Crippen LogP contribution is -2.27. The Hall–Kier alpha value is -0.770. The number of halogens is 1. The van der Waals surface area contributed by atoms with Crippen molar-refractivity contribution in [2.75, 3.05) is 20.8 Å². The quantitative estimate of drug-likeness (QED) is 0.862. The fraction of sp³-hybridized carbons (Fsp3) is 0.455. The van der Waals surface area contributed by atoms with Gasteiger partial charge in [-0.1, -0.05) is 17.7 Å². The van der Waals surface area contributed by atoms with Gasteiger partial charge in [0.15, 0.2) is 0 Å². The Bertz CT molecular complexity index is 337. The SMILES string of the molecule is COCC(C)(O)c1ccc(Cl)c(OC)c1. The molecule has 0 bridgehead atoms. The summed E-state index contributed by atoms with van der Waals surface area (Å²) < 4.78 is 10.0. The lowest BCUT2D eigenvalue weighted by atomic mass is 9.97. The van der Waals surface area contributed by atoms with Crippen molar-refractivity contribution in [3.63, 3.8) is 0 Å². The minimum absolute atomic E-state index is 0.220. The molecule has 84 valence electrons. The summed E-state index contributed by atoms with van der Waals surface area (Å²) in [5, 5.41) is 10.6. The van der Waals surface area contributed by atoms with E-state index < -0.39 is 5.60 Å². The maximum absolute atomic E-state index is 10.1. The van der Waals surface area contributed by atoms with Crippen molar-refractivity contribution in [2.45, 2.75) is 12.5 Å². The van der Waals surface area contributed by atoms with Crippen LogP contribution in [0.1, 0.15) is 12.5 Å². The van der Waals surface area contributed by atoms with Crippen molar-refractivity contribution >= 4 is 11.6 Å². The van der Waals surface area contributed by atoms with Gasteiger partial charge in [-0.15, -0.1) is 0 Å². The van der Waals surface area contributed by atoms with Crippen LogP contribution < -0.4 is 4.74 Å². The van der Waals surface area contributed by atoms with Crippen LogP contribution in [-0.4, -0.2) is 25.9 Å². The molecule has 0 aliphatic rings. The van der Waals surface area contributed by atoms with Crippen LogP contribution in [-0.2, 0) is 10.3 Å². The highest BCUT2D eigenvalue weighted by Gasteiger charge is 2.23. The lowest BCUT2D eigenvalue weighted by molar-refractivity contribution is -0.0209. The van der Waals surface area contributed by atoms with Gasteiger partial charge >= 0.3 is 0 Å². The van der Waals surface area contributed by atoms with Gasteiger partial charge in [0.2, 0.25) is 0 Å². The number of hydrogen-bond acceptors (Lipinski definition) is 3. The van der Waals surface area contributed by atoms with Gasteiger partial charge in [0.05, 0.1) is 18.7 Å². The second kappa shape index (κ2) is 4.84. The molecule has 1 aromatic carbocycles. The molecule has 0 saturated heterocycles. The van der Waals surface area contributed by atoms with Gasteiger partial charge in [-0.05, 0) is 24.6 Å². The summed E-state index contributed by atoms with van der Waals surface area (Å²) >= 11 is 5.89.